The summed E-state index contributed by atoms with van der Waals surface area (Å²) in [6.45, 7) is 6.07. The van der Waals surface area contributed by atoms with Gasteiger partial charge < -0.3 is 9.80 Å². The Morgan fingerprint density at radius 2 is 1.80 bits per heavy atom. The van der Waals surface area contributed by atoms with E-state index < -0.39 is 0 Å². The van der Waals surface area contributed by atoms with Crippen LogP contribution < -0.4 is 0 Å². The van der Waals surface area contributed by atoms with Gasteiger partial charge in [0.05, 0.1) is 0 Å². The number of halogens is 2. The smallest absolute Gasteiger partial charge is 0.240 e. The van der Waals surface area contributed by atoms with E-state index in [-0.39, 0.29) is 23.7 Å². The summed E-state index contributed by atoms with van der Waals surface area (Å²) in [7, 11) is 0. The Balaban J connectivity index is 0.00000200. The maximum atomic E-state index is 12.2. The molecule has 0 aromatic rings. The molecule has 0 N–H and O–H groups in total. The van der Waals surface area contributed by atoms with Gasteiger partial charge in [0.25, 0.3) is 0 Å². The van der Waals surface area contributed by atoms with Gasteiger partial charge in [0.15, 0.2) is 0 Å². The van der Waals surface area contributed by atoms with E-state index in [4.69, 9.17) is 11.6 Å². The van der Waals surface area contributed by atoms with Gasteiger partial charge in [-0.25, -0.2) is 0 Å². The van der Waals surface area contributed by atoms with Gasteiger partial charge in [-0.2, -0.15) is 0 Å². The molecule has 1 saturated heterocycles. The second-order valence-corrected chi connectivity index (χ2v) is 6.64. The number of nitrogens with zero attached hydrogens (tertiary/aromatic N) is 2. The average molecular weight is 323 g/mol. The van der Waals surface area contributed by atoms with Crippen molar-refractivity contribution in [1.29, 1.82) is 0 Å². The molecule has 2 rings (SSSR count). The van der Waals surface area contributed by atoms with Crippen LogP contribution in [0.4, 0.5) is 0 Å². The van der Waals surface area contributed by atoms with Crippen LogP contribution in [-0.4, -0.2) is 53.3 Å². The molecule has 3 nitrogen and oxygen atoms in total. The lowest BCUT2D eigenvalue weighted by atomic mass is 9.91. The highest BCUT2D eigenvalue weighted by molar-refractivity contribution is 6.30. The fourth-order valence-electron chi connectivity index (χ4n) is 3.01. The number of carbonyl (C=O) groups excluding carboxylic acids is 1. The van der Waals surface area contributed by atoms with Crippen molar-refractivity contribution in [2.24, 2.45) is 0 Å². The Morgan fingerprint density at radius 3 is 2.25 bits per heavy atom. The van der Waals surface area contributed by atoms with Gasteiger partial charge in [-0.15, -0.1) is 24.0 Å². The molecule has 0 spiro atoms. The minimum Gasteiger partial charge on any atom is -0.337 e. The maximum absolute atomic E-state index is 12.2. The molecule has 1 aliphatic heterocycles. The van der Waals surface area contributed by atoms with Gasteiger partial charge in [0, 0.05) is 19.1 Å². The van der Waals surface area contributed by atoms with Crippen molar-refractivity contribution in [3.63, 3.8) is 0 Å². The van der Waals surface area contributed by atoms with Crippen LogP contribution in [0.25, 0.3) is 0 Å². The van der Waals surface area contributed by atoms with Crippen LogP contribution in [0.1, 0.15) is 51.9 Å². The fraction of sp³-hybridized carbons (Fsp3) is 0.933. The summed E-state index contributed by atoms with van der Waals surface area (Å²) in [6.07, 6.45) is 8.92. The summed E-state index contributed by atoms with van der Waals surface area (Å²) in [5.41, 5.74) is 0. The van der Waals surface area contributed by atoms with Crippen LogP contribution in [0.3, 0.4) is 0 Å². The quantitative estimate of drug-likeness (QED) is 0.725. The molecule has 20 heavy (non-hydrogen) atoms. The zero-order valence-electron chi connectivity index (χ0n) is 12.5. The van der Waals surface area contributed by atoms with Crippen molar-refractivity contribution in [2.45, 2.75) is 63.3 Å². The predicted octanol–water partition coefficient (Wildman–Crippen LogP) is 3.29. The Kier molecular flexibility index (Phi) is 8.23. The van der Waals surface area contributed by atoms with Crippen molar-refractivity contribution < 1.29 is 4.79 Å². The molecule has 0 aromatic heterocycles. The molecule has 1 amide bonds. The van der Waals surface area contributed by atoms with Gasteiger partial charge in [-0.1, -0.05) is 12.8 Å². The lowest BCUT2D eigenvalue weighted by Crippen LogP contribution is -2.49. The molecule has 1 aliphatic carbocycles. The monoisotopic (exact) mass is 322 g/mol. The van der Waals surface area contributed by atoms with E-state index in [9.17, 15) is 4.79 Å². The molecule has 0 aromatic carbocycles. The van der Waals surface area contributed by atoms with Crippen LogP contribution in [0, 0.1) is 0 Å². The molecular weight excluding hydrogens is 295 g/mol. The first kappa shape index (κ1) is 18.1. The Bertz CT molecular complexity index is 288. The number of alkyl halides is 1. The van der Waals surface area contributed by atoms with Gasteiger partial charge in [0.2, 0.25) is 5.91 Å². The zero-order valence-corrected chi connectivity index (χ0v) is 14.1. The number of hydrogen-bond donors (Lipinski definition) is 0. The van der Waals surface area contributed by atoms with E-state index in [2.05, 4.69) is 4.90 Å². The summed E-state index contributed by atoms with van der Waals surface area (Å²) >= 11 is 5.99. The Labute approximate surface area is 134 Å². The third-order valence-corrected chi connectivity index (χ3v) is 4.68. The molecule has 2 aliphatic rings. The largest absolute Gasteiger partial charge is 0.337 e. The zero-order chi connectivity index (χ0) is 13.7. The van der Waals surface area contributed by atoms with Crippen molar-refractivity contribution in [2.75, 3.05) is 26.2 Å². The first-order valence-corrected chi connectivity index (χ1v) is 8.29. The molecule has 0 radical (unpaired) electrons. The summed E-state index contributed by atoms with van der Waals surface area (Å²) in [6, 6.07) is 0.459. The molecule has 1 unspecified atom stereocenters. The van der Waals surface area contributed by atoms with E-state index in [0.29, 0.717) is 6.04 Å². The summed E-state index contributed by atoms with van der Waals surface area (Å²) < 4.78 is 0. The van der Waals surface area contributed by atoms with Crippen molar-refractivity contribution in [3.8, 4) is 0 Å². The number of rotatable bonds is 5. The van der Waals surface area contributed by atoms with Gasteiger partial charge in [0.1, 0.15) is 5.38 Å². The van der Waals surface area contributed by atoms with Crippen LogP contribution in [-0.2, 0) is 4.79 Å². The lowest BCUT2D eigenvalue weighted by Gasteiger charge is -2.39. The van der Waals surface area contributed by atoms with Crippen molar-refractivity contribution in [3.05, 3.63) is 0 Å². The number of hydrogen-bond acceptors (Lipinski definition) is 2. The van der Waals surface area contributed by atoms with Crippen molar-refractivity contribution in [1.82, 2.24) is 9.80 Å². The fourth-order valence-corrected chi connectivity index (χ4v) is 3.13. The third kappa shape index (κ3) is 5.09. The summed E-state index contributed by atoms with van der Waals surface area (Å²) in [5.74, 6) is 0.126. The van der Waals surface area contributed by atoms with Gasteiger partial charge in [-0.05, 0) is 52.1 Å². The van der Waals surface area contributed by atoms with Crippen LogP contribution >= 0.6 is 24.0 Å². The van der Waals surface area contributed by atoms with Gasteiger partial charge >= 0.3 is 0 Å². The van der Waals surface area contributed by atoms with E-state index >= 15 is 0 Å². The lowest BCUT2D eigenvalue weighted by molar-refractivity contribution is -0.134. The first-order chi connectivity index (χ1) is 9.18. The normalized spacial score (nSPS) is 22.3. The molecular formula is C15H28Cl2N2O. The molecule has 1 saturated carbocycles. The van der Waals surface area contributed by atoms with Crippen LogP contribution in [0.15, 0.2) is 0 Å². The van der Waals surface area contributed by atoms with E-state index in [1.54, 1.807) is 6.92 Å². The summed E-state index contributed by atoms with van der Waals surface area (Å²) in [5, 5.41) is -0.385. The summed E-state index contributed by atoms with van der Waals surface area (Å²) in [4.78, 5) is 16.8. The van der Waals surface area contributed by atoms with Crippen LogP contribution in [0.2, 0.25) is 0 Å². The van der Waals surface area contributed by atoms with Gasteiger partial charge in [-0.3, -0.25) is 4.79 Å². The highest BCUT2D eigenvalue weighted by Gasteiger charge is 2.30. The second kappa shape index (κ2) is 9.11. The Morgan fingerprint density at radius 1 is 1.20 bits per heavy atom. The highest BCUT2D eigenvalue weighted by Crippen LogP contribution is 2.26. The standard InChI is InChI=1S/C15H27ClN2O.ClH/c1-13(16)15(19)18(14-7-6-8-14)12-11-17-9-4-2-3-5-10-17;/h13-14H,2-12H2,1H3;1H. The van der Waals surface area contributed by atoms with E-state index in [0.717, 1.165) is 25.9 Å². The molecule has 118 valence electrons. The number of carbonyl (C=O) groups is 1. The number of amides is 1. The van der Waals surface area contributed by atoms with E-state index in [1.807, 2.05) is 4.90 Å². The van der Waals surface area contributed by atoms with Crippen LogP contribution in [0.5, 0.6) is 0 Å². The molecule has 0 bridgehead atoms. The molecule has 5 heteroatoms. The predicted molar refractivity (Wildman–Crippen MR) is 86.8 cm³/mol. The molecule has 1 heterocycles. The molecule has 2 fully saturated rings. The number of likely N-dealkylation sites (tertiary alicyclic amines) is 1. The first-order valence-electron chi connectivity index (χ1n) is 7.85. The minimum atomic E-state index is -0.385. The highest BCUT2D eigenvalue weighted by atomic mass is 35.5. The average Bonchev–Trinajstić information content (AvgIpc) is 2.59. The van der Waals surface area contributed by atoms with Crippen molar-refractivity contribution >= 4 is 29.9 Å². The Hall–Kier alpha value is 0.01000. The minimum absolute atomic E-state index is 0. The SMILES string of the molecule is CC(Cl)C(=O)N(CCN1CCCCCC1)C1CCC1.Cl. The topological polar surface area (TPSA) is 23.6 Å². The third-order valence-electron chi connectivity index (χ3n) is 4.49. The van der Waals surface area contributed by atoms with E-state index in [1.165, 1.54) is 45.2 Å². The second-order valence-electron chi connectivity index (χ2n) is 5.99. The molecule has 1 atom stereocenters. The maximum Gasteiger partial charge on any atom is 0.240 e.